The molecule has 1 aromatic heterocycles. The number of aromatic amines is 1. The van der Waals surface area contributed by atoms with E-state index in [9.17, 15) is 9.90 Å². The molecule has 0 saturated carbocycles. The minimum absolute atomic E-state index is 0.317. The topological polar surface area (TPSA) is 78.0 Å². The molecule has 0 spiro atoms. The minimum Gasteiger partial charge on any atom is -0.379 e. The van der Waals surface area contributed by atoms with Gasteiger partial charge in [0.2, 0.25) is 0 Å². The molecule has 118 valence electrons. The van der Waals surface area contributed by atoms with Gasteiger partial charge >= 0.3 is 0 Å². The Morgan fingerprint density at radius 2 is 2.41 bits per heavy atom. The lowest BCUT2D eigenvalue weighted by molar-refractivity contribution is -0.131. The van der Waals surface area contributed by atoms with Crippen molar-refractivity contribution in [3.05, 3.63) is 24.0 Å². The van der Waals surface area contributed by atoms with E-state index in [0.29, 0.717) is 17.9 Å². The Morgan fingerprint density at radius 3 is 3.14 bits per heavy atom. The zero-order valence-corrected chi connectivity index (χ0v) is 13.5. The Hall–Kier alpha value is -1.53. The fourth-order valence-corrected chi connectivity index (χ4v) is 3.82. The van der Waals surface area contributed by atoms with Gasteiger partial charge in [0.15, 0.2) is 5.60 Å². The van der Waals surface area contributed by atoms with Gasteiger partial charge in [0.25, 0.3) is 5.91 Å². The molecule has 1 fully saturated rings. The zero-order chi connectivity index (χ0) is 15.6. The number of unbranched alkanes of at least 4 members (excludes halogenated alkanes) is 1. The van der Waals surface area contributed by atoms with E-state index in [1.54, 1.807) is 11.8 Å². The molecule has 3 rings (SSSR count). The third kappa shape index (κ3) is 3.13. The molecular formula is C16H21N3O2S. The smallest absolute Gasteiger partial charge is 0.257 e. The first-order valence-corrected chi connectivity index (χ1v) is 8.86. The normalized spacial score (nSPS) is 21.4. The van der Waals surface area contributed by atoms with Crippen LogP contribution in [0, 0.1) is 0 Å². The van der Waals surface area contributed by atoms with Crippen LogP contribution in [0.3, 0.4) is 0 Å². The van der Waals surface area contributed by atoms with Gasteiger partial charge in [-0.05, 0) is 36.8 Å². The number of carbonyl (C=O) groups is 1. The third-order valence-electron chi connectivity index (χ3n) is 3.98. The first kappa shape index (κ1) is 15.4. The summed E-state index contributed by atoms with van der Waals surface area (Å²) < 4.78 is 0. The molecule has 1 aliphatic rings. The van der Waals surface area contributed by atoms with Gasteiger partial charge in [0, 0.05) is 17.9 Å². The summed E-state index contributed by atoms with van der Waals surface area (Å²) in [4.78, 5) is 20.1. The highest BCUT2D eigenvalue weighted by Crippen LogP contribution is 2.29. The molecule has 3 N–H and O–H groups in total. The molecule has 22 heavy (non-hydrogen) atoms. The lowest BCUT2D eigenvalue weighted by Gasteiger charge is -2.20. The van der Waals surface area contributed by atoms with Crippen molar-refractivity contribution in [2.75, 3.05) is 16.8 Å². The lowest BCUT2D eigenvalue weighted by Crippen LogP contribution is -2.42. The van der Waals surface area contributed by atoms with Crippen molar-refractivity contribution in [1.82, 2.24) is 9.97 Å². The number of thioether (sulfide) groups is 1. The van der Waals surface area contributed by atoms with Crippen LogP contribution in [0.5, 0.6) is 0 Å². The number of rotatable bonds is 5. The van der Waals surface area contributed by atoms with Gasteiger partial charge in [-0.3, -0.25) is 4.79 Å². The van der Waals surface area contributed by atoms with Crippen molar-refractivity contribution in [2.24, 2.45) is 0 Å². The molecule has 1 aliphatic heterocycles. The van der Waals surface area contributed by atoms with Crippen LogP contribution in [-0.4, -0.2) is 38.1 Å². The van der Waals surface area contributed by atoms with Gasteiger partial charge in [0.05, 0.1) is 11.0 Å². The SMILES string of the molecule is CCCCc1nc2ccc(NC(=O)C3(O)CCSC3)cc2[nH]1. The number of carbonyl (C=O) groups excluding carboxylic acids is 1. The number of aryl methyl sites for hydroxylation is 1. The standard InChI is InChI=1S/C16H21N3O2S/c1-2-3-4-14-18-12-6-5-11(9-13(12)19-14)17-15(20)16(21)7-8-22-10-16/h5-6,9,21H,2-4,7-8,10H2,1H3,(H,17,20)(H,18,19). The molecule has 2 aromatic rings. The van der Waals surface area contributed by atoms with Crippen LogP contribution >= 0.6 is 11.8 Å². The number of nitrogens with zero attached hydrogens (tertiary/aromatic N) is 1. The van der Waals surface area contributed by atoms with Gasteiger partial charge in [-0.1, -0.05) is 13.3 Å². The van der Waals surface area contributed by atoms with E-state index < -0.39 is 5.60 Å². The van der Waals surface area contributed by atoms with E-state index in [-0.39, 0.29) is 5.91 Å². The van der Waals surface area contributed by atoms with Crippen molar-refractivity contribution in [3.63, 3.8) is 0 Å². The van der Waals surface area contributed by atoms with E-state index in [2.05, 4.69) is 22.2 Å². The number of aromatic nitrogens is 2. The monoisotopic (exact) mass is 319 g/mol. The van der Waals surface area contributed by atoms with Crippen LogP contribution in [0.2, 0.25) is 0 Å². The predicted octanol–water partition coefficient (Wildman–Crippen LogP) is 2.71. The van der Waals surface area contributed by atoms with Crippen LogP contribution in [0.15, 0.2) is 18.2 Å². The van der Waals surface area contributed by atoms with Crippen LogP contribution in [-0.2, 0) is 11.2 Å². The average molecular weight is 319 g/mol. The summed E-state index contributed by atoms with van der Waals surface area (Å²) in [6, 6.07) is 5.60. The second-order valence-electron chi connectivity index (χ2n) is 5.81. The van der Waals surface area contributed by atoms with Gasteiger partial charge < -0.3 is 15.4 Å². The van der Waals surface area contributed by atoms with Gasteiger partial charge in [-0.15, -0.1) is 0 Å². The number of fused-ring (bicyclic) bond motifs is 1. The zero-order valence-electron chi connectivity index (χ0n) is 12.7. The number of nitrogens with one attached hydrogen (secondary N) is 2. The van der Waals surface area contributed by atoms with E-state index in [4.69, 9.17) is 0 Å². The van der Waals surface area contributed by atoms with Crippen molar-refractivity contribution in [3.8, 4) is 0 Å². The summed E-state index contributed by atoms with van der Waals surface area (Å²) in [5, 5.41) is 13.1. The second kappa shape index (κ2) is 6.30. The minimum atomic E-state index is -1.24. The molecule has 1 aromatic carbocycles. The Labute approximate surface area is 133 Å². The summed E-state index contributed by atoms with van der Waals surface area (Å²) in [5.41, 5.74) is 1.27. The van der Waals surface area contributed by atoms with E-state index in [1.165, 1.54) is 0 Å². The first-order chi connectivity index (χ1) is 10.6. The fraction of sp³-hybridized carbons (Fsp3) is 0.500. The molecule has 0 radical (unpaired) electrons. The molecule has 0 bridgehead atoms. The van der Waals surface area contributed by atoms with Crippen LogP contribution < -0.4 is 5.32 Å². The summed E-state index contributed by atoms with van der Waals surface area (Å²) in [5.74, 6) is 1.95. The van der Waals surface area contributed by atoms with Crippen molar-refractivity contribution in [2.45, 2.75) is 38.2 Å². The second-order valence-corrected chi connectivity index (χ2v) is 6.91. The largest absolute Gasteiger partial charge is 0.379 e. The lowest BCUT2D eigenvalue weighted by atomic mass is 10.0. The number of amides is 1. The third-order valence-corrected chi connectivity index (χ3v) is 5.15. The Morgan fingerprint density at radius 1 is 1.55 bits per heavy atom. The average Bonchev–Trinajstić information content (AvgIpc) is 3.11. The quantitative estimate of drug-likeness (QED) is 0.792. The molecule has 6 heteroatoms. The highest BCUT2D eigenvalue weighted by atomic mass is 32.2. The molecule has 1 amide bonds. The molecular weight excluding hydrogens is 298 g/mol. The maximum Gasteiger partial charge on any atom is 0.257 e. The Balaban J connectivity index is 1.75. The first-order valence-electron chi connectivity index (χ1n) is 7.71. The van der Waals surface area contributed by atoms with Crippen molar-refractivity contribution in [1.29, 1.82) is 0 Å². The maximum absolute atomic E-state index is 12.2. The molecule has 1 unspecified atom stereocenters. The number of aliphatic hydroxyl groups is 1. The summed E-state index contributed by atoms with van der Waals surface area (Å²) in [6.45, 7) is 2.16. The summed E-state index contributed by atoms with van der Waals surface area (Å²) >= 11 is 1.61. The van der Waals surface area contributed by atoms with Crippen molar-refractivity contribution >= 4 is 34.4 Å². The summed E-state index contributed by atoms with van der Waals surface area (Å²) in [6.07, 6.45) is 3.68. The van der Waals surface area contributed by atoms with Crippen LogP contribution in [0.1, 0.15) is 32.0 Å². The van der Waals surface area contributed by atoms with Gasteiger partial charge in [-0.2, -0.15) is 11.8 Å². The number of anilines is 1. The summed E-state index contributed by atoms with van der Waals surface area (Å²) in [7, 11) is 0. The highest BCUT2D eigenvalue weighted by Gasteiger charge is 2.39. The van der Waals surface area contributed by atoms with E-state index in [0.717, 1.165) is 41.9 Å². The van der Waals surface area contributed by atoms with Crippen LogP contribution in [0.4, 0.5) is 5.69 Å². The van der Waals surface area contributed by atoms with Gasteiger partial charge in [-0.25, -0.2) is 4.98 Å². The predicted molar refractivity (Wildman–Crippen MR) is 90.2 cm³/mol. The molecule has 5 nitrogen and oxygen atoms in total. The number of H-pyrrole nitrogens is 1. The number of benzene rings is 1. The maximum atomic E-state index is 12.2. The van der Waals surface area contributed by atoms with Crippen LogP contribution in [0.25, 0.3) is 11.0 Å². The molecule has 1 atom stereocenters. The van der Waals surface area contributed by atoms with Gasteiger partial charge in [0.1, 0.15) is 5.82 Å². The fourth-order valence-electron chi connectivity index (χ4n) is 2.58. The molecule has 1 saturated heterocycles. The number of imidazole rings is 1. The Kier molecular flexibility index (Phi) is 4.40. The number of hydrogen-bond acceptors (Lipinski definition) is 4. The molecule has 2 heterocycles. The Bertz CT molecular complexity index is 677. The molecule has 0 aliphatic carbocycles. The highest BCUT2D eigenvalue weighted by molar-refractivity contribution is 7.99. The van der Waals surface area contributed by atoms with E-state index in [1.807, 2.05) is 18.2 Å². The van der Waals surface area contributed by atoms with Crippen molar-refractivity contribution < 1.29 is 9.90 Å². The number of hydrogen-bond donors (Lipinski definition) is 3. The van der Waals surface area contributed by atoms with E-state index >= 15 is 0 Å².